The van der Waals surface area contributed by atoms with E-state index in [4.69, 9.17) is 4.74 Å². The van der Waals surface area contributed by atoms with Crippen LogP contribution in [0.5, 0.6) is 0 Å². The highest BCUT2D eigenvalue weighted by Gasteiger charge is 2.21. The second-order valence-corrected chi connectivity index (χ2v) is 2.43. The predicted molar refractivity (Wildman–Crippen MR) is 35.3 cm³/mol. The van der Waals surface area contributed by atoms with Crippen LogP contribution in [-0.2, 0) is 4.74 Å². The van der Waals surface area contributed by atoms with Gasteiger partial charge in [-0.05, 0) is 0 Å². The van der Waals surface area contributed by atoms with Crippen LogP contribution in [0.3, 0.4) is 0 Å². The zero-order valence-electron chi connectivity index (χ0n) is 5.80. The number of aldehydes is 1. The van der Waals surface area contributed by atoms with Crippen molar-refractivity contribution in [1.29, 1.82) is 0 Å². The fourth-order valence-electron chi connectivity index (χ4n) is 0.899. The number of rotatable bonds is 2. The van der Waals surface area contributed by atoms with Crippen molar-refractivity contribution in [2.45, 2.75) is 6.04 Å². The first-order valence-electron chi connectivity index (χ1n) is 3.35. The predicted octanol–water partition coefficient (Wildman–Crippen LogP) is -0.338. The SMILES string of the molecule is O=Cc1cn(C2COC2)nn1. The molecule has 0 amide bonds. The van der Waals surface area contributed by atoms with Crippen molar-refractivity contribution in [1.82, 2.24) is 15.0 Å². The highest BCUT2D eigenvalue weighted by Crippen LogP contribution is 2.14. The summed E-state index contributed by atoms with van der Waals surface area (Å²) < 4.78 is 6.62. The van der Waals surface area contributed by atoms with Crippen molar-refractivity contribution in [2.24, 2.45) is 0 Å². The Morgan fingerprint density at radius 2 is 2.55 bits per heavy atom. The fraction of sp³-hybridized carbons (Fsp3) is 0.500. The molecule has 0 saturated carbocycles. The normalized spacial score (nSPS) is 17.8. The number of nitrogens with zero attached hydrogens (tertiary/aromatic N) is 3. The molecule has 5 nitrogen and oxygen atoms in total. The van der Waals surface area contributed by atoms with Crippen LogP contribution in [0, 0.1) is 0 Å². The Hall–Kier alpha value is -1.23. The molecule has 11 heavy (non-hydrogen) atoms. The second-order valence-electron chi connectivity index (χ2n) is 2.43. The Morgan fingerprint density at radius 3 is 3.00 bits per heavy atom. The number of hydrogen-bond acceptors (Lipinski definition) is 4. The third kappa shape index (κ3) is 1.03. The van der Waals surface area contributed by atoms with E-state index in [2.05, 4.69) is 10.3 Å². The van der Waals surface area contributed by atoms with Crippen LogP contribution >= 0.6 is 0 Å². The molecular formula is C6H7N3O2. The largest absolute Gasteiger partial charge is 0.377 e. The standard InChI is InChI=1S/C6H7N3O2/c10-2-5-1-9(8-7-5)6-3-11-4-6/h1-2,6H,3-4H2. The van der Waals surface area contributed by atoms with Gasteiger partial charge in [0.15, 0.2) is 6.29 Å². The van der Waals surface area contributed by atoms with Gasteiger partial charge in [0.25, 0.3) is 0 Å². The zero-order valence-corrected chi connectivity index (χ0v) is 5.80. The molecule has 2 rings (SSSR count). The summed E-state index contributed by atoms with van der Waals surface area (Å²) >= 11 is 0. The summed E-state index contributed by atoms with van der Waals surface area (Å²) in [5.41, 5.74) is 0.372. The first kappa shape index (κ1) is 6.48. The van der Waals surface area contributed by atoms with Crippen molar-refractivity contribution in [2.75, 3.05) is 13.2 Å². The Kier molecular flexibility index (Phi) is 1.43. The van der Waals surface area contributed by atoms with Gasteiger partial charge in [0.1, 0.15) is 11.7 Å². The third-order valence-electron chi connectivity index (χ3n) is 1.64. The molecule has 58 valence electrons. The van der Waals surface area contributed by atoms with Crippen LogP contribution in [0.2, 0.25) is 0 Å². The molecule has 0 spiro atoms. The van der Waals surface area contributed by atoms with E-state index in [0.29, 0.717) is 25.2 Å². The highest BCUT2D eigenvalue weighted by molar-refractivity contribution is 5.70. The lowest BCUT2D eigenvalue weighted by Gasteiger charge is -2.25. The van der Waals surface area contributed by atoms with Crippen molar-refractivity contribution in [3.05, 3.63) is 11.9 Å². The maximum Gasteiger partial charge on any atom is 0.171 e. The lowest BCUT2D eigenvalue weighted by atomic mass is 10.3. The van der Waals surface area contributed by atoms with Crippen molar-refractivity contribution in [3.8, 4) is 0 Å². The van der Waals surface area contributed by atoms with Gasteiger partial charge in [-0.1, -0.05) is 5.21 Å². The van der Waals surface area contributed by atoms with E-state index in [1.165, 1.54) is 0 Å². The molecule has 1 fully saturated rings. The van der Waals surface area contributed by atoms with E-state index >= 15 is 0 Å². The average Bonchev–Trinajstić information content (AvgIpc) is 2.32. The smallest absolute Gasteiger partial charge is 0.171 e. The summed E-state index contributed by atoms with van der Waals surface area (Å²) in [5, 5.41) is 7.39. The highest BCUT2D eigenvalue weighted by atomic mass is 16.5. The van der Waals surface area contributed by atoms with Gasteiger partial charge >= 0.3 is 0 Å². The molecule has 0 aromatic carbocycles. The van der Waals surface area contributed by atoms with E-state index in [1.54, 1.807) is 10.9 Å². The molecule has 1 aromatic heterocycles. The van der Waals surface area contributed by atoms with Gasteiger partial charge in [-0.25, -0.2) is 4.68 Å². The summed E-state index contributed by atoms with van der Waals surface area (Å²) in [5.74, 6) is 0. The summed E-state index contributed by atoms with van der Waals surface area (Å²) in [6, 6.07) is 0.274. The van der Waals surface area contributed by atoms with Gasteiger partial charge in [-0.2, -0.15) is 0 Å². The minimum absolute atomic E-state index is 0.274. The Bertz CT molecular complexity index is 267. The molecule has 0 bridgehead atoms. The monoisotopic (exact) mass is 153 g/mol. The molecule has 0 N–H and O–H groups in total. The van der Waals surface area contributed by atoms with Gasteiger partial charge in [0, 0.05) is 0 Å². The van der Waals surface area contributed by atoms with Crippen LogP contribution < -0.4 is 0 Å². The summed E-state index contributed by atoms with van der Waals surface area (Å²) in [7, 11) is 0. The third-order valence-corrected chi connectivity index (χ3v) is 1.64. The van der Waals surface area contributed by atoms with Crippen LogP contribution in [0.15, 0.2) is 6.20 Å². The molecule has 2 heterocycles. The summed E-state index contributed by atoms with van der Waals surface area (Å²) in [6.07, 6.45) is 2.31. The van der Waals surface area contributed by atoms with Crippen molar-refractivity contribution < 1.29 is 9.53 Å². The first-order chi connectivity index (χ1) is 5.40. The summed E-state index contributed by atoms with van der Waals surface area (Å²) in [4.78, 5) is 10.2. The number of carbonyl (C=O) groups is 1. The lowest BCUT2D eigenvalue weighted by molar-refractivity contribution is -0.0293. The van der Waals surface area contributed by atoms with E-state index in [1.807, 2.05) is 0 Å². The van der Waals surface area contributed by atoms with Crippen LogP contribution in [0.25, 0.3) is 0 Å². The van der Waals surface area contributed by atoms with Gasteiger partial charge in [-0.3, -0.25) is 4.79 Å². The minimum atomic E-state index is 0.274. The molecular weight excluding hydrogens is 146 g/mol. The van der Waals surface area contributed by atoms with Crippen molar-refractivity contribution >= 4 is 6.29 Å². The van der Waals surface area contributed by atoms with Gasteiger partial charge < -0.3 is 4.74 Å². The Morgan fingerprint density at radius 1 is 1.73 bits per heavy atom. The van der Waals surface area contributed by atoms with E-state index in [-0.39, 0.29) is 6.04 Å². The number of aromatic nitrogens is 3. The number of carbonyl (C=O) groups excluding carboxylic acids is 1. The molecule has 1 aromatic rings. The van der Waals surface area contributed by atoms with Gasteiger partial charge in [-0.15, -0.1) is 5.10 Å². The Labute approximate surface area is 63.0 Å². The molecule has 1 aliphatic heterocycles. The molecule has 5 heteroatoms. The lowest BCUT2D eigenvalue weighted by Crippen LogP contribution is -2.30. The summed E-state index contributed by atoms with van der Waals surface area (Å²) in [6.45, 7) is 1.34. The first-order valence-corrected chi connectivity index (χ1v) is 3.35. The topological polar surface area (TPSA) is 57.0 Å². The Balaban J connectivity index is 2.17. The molecule has 0 radical (unpaired) electrons. The molecule has 0 unspecified atom stereocenters. The quantitative estimate of drug-likeness (QED) is 0.545. The molecule has 1 saturated heterocycles. The molecule has 1 aliphatic rings. The molecule has 0 aliphatic carbocycles. The van der Waals surface area contributed by atoms with Gasteiger partial charge in [0.05, 0.1) is 19.4 Å². The minimum Gasteiger partial charge on any atom is -0.377 e. The fourth-order valence-corrected chi connectivity index (χ4v) is 0.899. The van der Waals surface area contributed by atoms with Crippen LogP contribution in [-0.4, -0.2) is 34.5 Å². The second kappa shape index (κ2) is 2.43. The maximum absolute atomic E-state index is 10.2. The average molecular weight is 153 g/mol. The van der Waals surface area contributed by atoms with E-state index < -0.39 is 0 Å². The number of ether oxygens (including phenoxy) is 1. The van der Waals surface area contributed by atoms with Crippen LogP contribution in [0.1, 0.15) is 16.5 Å². The maximum atomic E-state index is 10.2. The van der Waals surface area contributed by atoms with Gasteiger partial charge in [0.2, 0.25) is 0 Å². The van der Waals surface area contributed by atoms with E-state index in [0.717, 1.165) is 0 Å². The zero-order chi connectivity index (χ0) is 7.68. The number of hydrogen-bond donors (Lipinski definition) is 0. The van der Waals surface area contributed by atoms with E-state index in [9.17, 15) is 4.79 Å². The molecule has 0 atom stereocenters. The van der Waals surface area contributed by atoms with Crippen molar-refractivity contribution in [3.63, 3.8) is 0 Å². The van der Waals surface area contributed by atoms with Crippen LogP contribution in [0.4, 0.5) is 0 Å².